The number of fused-ring (bicyclic) bond motifs is 5. The maximum Gasteiger partial charge on any atom is 0.340 e. The zero-order chi connectivity index (χ0) is 29.5. The van der Waals surface area contributed by atoms with E-state index in [-0.39, 0.29) is 25.0 Å². The highest BCUT2D eigenvalue weighted by Gasteiger charge is 2.77. The number of allylic oxidation sites excluding steroid dienone is 4. The summed E-state index contributed by atoms with van der Waals surface area (Å²) >= 11 is 0. The Labute approximate surface area is 231 Å². The molecule has 3 saturated carbocycles. The first-order valence-corrected chi connectivity index (χ1v) is 14.8. The maximum absolute atomic E-state index is 17.5. The Morgan fingerprint density at radius 3 is 2.50 bits per heavy atom. The van der Waals surface area contributed by atoms with Gasteiger partial charge in [-0.15, -0.1) is 0 Å². The molecule has 0 aromatic heterocycles. The quantitative estimate of drug-likeness (QED) is 0.354. The van der Waals surface area contributed by atoms with Crippen LogP contribution in [0.4, 0.5) is 4.39 Å². The number of esters is 1. The van der Waals surface area contributed by atoms with E-state index in [0.29, 0.717) is 12.0 Å². The summed E-state index contributed by atoms with van der Waals surface area (Å²) in [5.74, 6) is -4.37. The molecule has 0 radical (unpaired) electrons. The number of benzene rings is 1. The summed E-state index contributed by atoms with van der Waals surface area (Å²) in [6.07, 6.45) is 3.24. The third-order valence-electron chi connectivity index (χ3n) is 10.4. The number of carbonyl (C=O) groups excluding carboxylic acids is 3. The lowest BCUT2D eigenvalue weighted by Crippen LogP contribution is -2.70. The molecule has 216 valence electrons. The highest BCUT2D eigenvalue weighted by Crippen LogP contribution is 2.71. The number of carbonyl (C=O) groups is 3. The Morgan fingerprint density at radius 2 is 1.85 bits per heavy atom. The molecule has 4 aliphatic rings. The van der Waals surface area contributed by atoms with Crippen molar-refractivity contribution in [1.29, 1.82) is 0 Å². The zero-order valence-corrected chi connectivity index (χ0v) is 23.3. The second-order valence-electron chi connectivity index (χ2n) is 12.1. The molecular formula is C29H33FO9S. The van der Waals surface area contributed by atoms with Crippen molar-refractivity contribution in [3.8, 4) is 0 Å². The Kier molecular flexibility index (Phi) is 6.58. The molecule has 0 bridgehead atoms. The van der Waals surface area contributed by atoms with Crippen LogP contribution in [0.25, 0.3) is 0 Å². The van der Waals surface area contributed by atoms with E-state index in [9.17, 15) is 37.6 Å². The van der Waals surface area contributed by atoms with E-state index in [0.717, 1.165) is 12.1 Å². The fourth-order valence-corrected chi connectivity index (χ4v) is 9.26. The van der Waals surface area contributed by atoms with E-state index in [2.05, 4.69) is 0 Å². The molecule has 1 aromatic carbocycles. The number of ether oxygens (including phenoxy) is 1. The van der Waals surface area contributed by atoms with Crippen molar-refractivity contribution in [3.05, 3.63) is 53.6 Å². The molecule has 3 fully saturated rings. The summed E-state index contributed by atoms with van der Waals surface area (Å²) in [6.45, 7) is 3.96. The van der Waals surface area contributed by atoms with Gasteiger partial charge in [-0.05, 0) is 62.8 Å². The molecule has 5 rings (SSSR count). The first kappa shape index (κ1) is 28.8. The van der Waals surface area contributed by atoms with Crippen LogP contribution in [0.15, 0.2) is 53.0 Å². The molecule has 0 amide bonds. The summed E-state index contributed by atoms with van der Waals surface area (Å²) in [5.41, 5.74) is -6.70. The van der Waals surface area contributed by atoms with E-state index in [1.165, 1.54) is 30.4 Å². The number of aliphatic hydroxyl groups excluding tert-OH is 2. The number of ketones is 2. The molecule has 0 saturated heterocycles. The van der Waals surface area contributed by atoms with Gasteiger partial charge in [0.25, 0.3) is 10.1 Å². The molecule has 11 heteroatoms. The predicted octanol–water partition coefficient (Wildman–Crippen LogP) is 3.01. The lowest BCUT2D eigenvalue weighted by Gasteiger charge is -2.62. The van der Waals surface area contributed by atoms with Gasteiger partial charge < -0.3 is 14.9 Å². The van der Waals surface area contributed by atoms with Crippen LogP contribution < -0.4 is 0 Å². The molecule has 1 aromatic rings. The highest BCUT2D eigenvalue weighted by atomic mass is 32.2. The van der Waals surface area contributed by atoms with Gasteiger partial charge in [-0.1, -0.05) is 37.6 Å². The van der Waals surface area contributed by atoms with Crippen LogP contribution in [0.3, 0.4) is 0 Å². The number of halogens is 1. The van der Waals surface area contributed by atoms with Crippen molar-refractivity contribution >= 4 is 27.7 Å². The minimum atomic E-state index is -4.83. The molecule has 4 aliphatic carbocycles. The van der Waals surface area contributed by atoms with Crippen LogP contribution in [0.1, 0.15) is 56.8 Å². The van der Waals surface area contributed by atoms with Crippen molar-refractivity contribution in [2.24, 2.45) is 28.6 Å². The van der Waals surface area contributed by atoms with E-state index < -0.39 is 84.9 Å². The molecule has 0 aliphatic heterocycles. The summed E-state index contributed by atoms with van der Waals surface area (Å²) in [5, 5.41) is 21.6. The summed E-state index contributed by atoms with van der Waals surface area (Å²) in [4.78, 5) is 38.5. The van der Waals surface area contributed by atoms with Gasteiger partial charge in [0, 0.05) is 22.7 Å². The van der Waals surface area contributed by atoms with Crippen molar-refractivity contribution in [2.45, 2.75) is 68.7 Å². The number of hydrogen-bond donors (Lipinski definition) is 3. The lowest BCUT2D eigenvalue weighted by atomic mass is 9.44. The normalized spacial score (nSPS) is 40.5. The van der Waals surface area contributed by atoms with Gasteiger partial charge in [0.15, 0.2) is 17.1 Å². The summed E-state index contributed by atoms with van der Waals surface area (Å²) in [7, 11) is -4.83. The number of rotatable bonds is 5. The van der Waals surface area contributed by atoms with E-state index in [4.69, 9.17) is 4.74 Å². The minimum absolute atomic E-state index is 0.232. The molecular weight excluding hydrogens is 543 g/mol. The number of aliphatic hydroxyl groups is 2. The van der Waals surface area contributed by atoms with Crippen molar-refractivity contribution in [2.75, 3.05) is 6.61 Å². The molecule has 40 heavy (non-hydrogen) atoms. The first-order chi connectivity index (χ1) is 18.6. The van der Waals surface area contributed by atoms with Gasteiger partial charge in [0.1, 0.15) is 11.5 Å². The minimum Gasteiger partial charge on any atom is -0.446 e. The summed E-state index contributed by atoms with van der Waals surface area (Å²) < 4.78 is 57.0. The van der Waals surface area contributed by atoms with E-state index in [1.54, 1.807) is 20.8 Å². The molecule has 0 unspecified atom stereocenters. The second-order valence-corrected chi connectivity index (χ2v) is 13.5. The van der Waals surface area contributed by atoms with Crippen LogP contribution >= 0.6 is 0 Å². The van der Waals surface area contributed by atoms with Gasteiger partial charge in [0.05, 0.1) is 11.7 Å². The number of Topliss-reactive ketones (excluding diaryl/α,β-unsaturated/α-hetero) is 1. The predicted molar refractivity (Wildman–Crippen MR) is 139 cm³/mol. The third-order valence-corrected chi connectivity index (χ3v) is 11.3. The van der Waals surface area contributed by atoms with Gasteiger partial charge in [-0.3, -0.25) is 14.1 Å². The standard InChI is InChI=1S/C29H33FO9S/c1-16-12-21-20-9-8-17-13-18(32)10-11-26(17,2)28(20,30)23(33)14-27(21,3)29(16,24(34)15-31)39-25(35)19-6-4-5-7-22(19)40(36,37)38/h4-7,10-11,13,16,20-21,23,31,33H,8-9,12,14-15H2,1-3H3,(H,36,37,38)/t16-,20+,21+,23+,26+,27+,28+,29+/m1/s1. The number of hydrogen-bond acceptors (Lipinski definition) is 8. The second kappa shape index (κ2) is 9.14. The van der Waals surface area contributed by atoms with Crippen LogP contribution in [-0.4, -0.2) is 64.7 Å². The Hall–Kier alpha value is -2.73. The first-order valence-electron chi connectivity index (χ1n) is 13.3. The maximum atomic E-state index is 17.5. The third kappa shape index (κ3) is 3.60. The van der Waals surface area contributed by atoms with Gasteiger partial charge in [-0.2, -0.15) is 8.42 Å². The fourth-order valence-electron chi connectivity index (χ4n) is 8.58. The molecule has 3 N–H and O–H groups in total. The van der Waals surface area contributed by atoms with Crippen molar-refractivity contribution in [1.82, 2.24) is 0 Å². The zero-order valence-electron chi connectivity index (χ0n) is 22.5. The largest absolute Gasteiger partial charge is 0.446 e. The monoisotopic (exact) mass is 576 g/mol. The molecule has 9 nitrogen and oxygen atoms in total. The average molecular weight is 577 g/mol. The Morgan fingerprint density at radius 1 is 1.18 bits per heavy atom. The topological polar surface area (TPSA) is 155 Å². The lowest BCUT2D eigenvalue weighted by molar-refractivity contribution is -0.219. The van der Waals surface area contributed by atoms with Crippen LogP contribution in [0.2, 0.25) is 0 Å². The van der Waals surface area contributed by atoms with E-state index in [1.807, 2.05) is 0 Å². The van der Waals surface area contributed by atoms with E-state index >= 15 is 4.39 Å². The molecule has 0 heterocycles. The highest BCUT2D eigenvalue weighted by molar-refractivity contribution is 7.86. The molecule has 8 atom stereocenters. The average Bonchev–Trinajstić information content (AvgIpc) is 3.11. The summed E-state index contributed by atoms with van der Waals surface area (Å²) in [6, 6.07) is 4.83. The van der Waals surface area contributed by atoms with Crippen molar-refractivity contribution < 1.29 is 46.7 Å². The van der Waals surface area contributed by atoms with Crippen LogP contribution in [-0.2, 0) is 24.4 Å². The van der Waals surface area contributed by atoms with Crippen LogP contribution in [0, 0.1) is 28.6 Å². The molecule has 0 spiro atoms. The van der Waals surface area contributed by atoms with Gasteiger partial charge in [0.2, 0.25) is 5.78 Å². The Bertz CT molecular complexity index is 1470. The smallest absolute Gasteiger partial charge is 0.340 e. The van der Waals surface area contributed by atoms with Gasteiger partial charge in [-0.25, -0.2) is 9.18 Å². The SMILES string of the molecule is C[C@@H]1C[C@H]2[C@@H]3CCC4=CC(=O)C=C[C@]4(C)[C@@]3(F)[C@@H](O)C[C@]2(C)[C@@]1(OC(=O)c1ccccc1S(=O)(=O)O)C(=O)CO. The fraction of sp³-hybridized carbons (Fsp3) is 0.552. The Balaban J connectivity index is 1.62. The van der Waals surface area contributed by atoms with Crippen LogP contribution in [0.5, 0.6) is 0 Å². The van der Waals surface area contributed by atoms with Crippen molar-refractivity contribution in [3.63, 3.8) is 0 Å². The van der Waals surface area contributed by atoms with Gasteiger partial charge >= 0.3 is 5.97 Å². The number of alkyl halides is 1.